The Balaban J connectivity index is 1.69. The number of anilines is 1. The molecule has 0 fully saturated rings. The lowest BCUT2D eigenvalue weighted by Crippen LogP contribution is -2.30. The Morgan fingerprint density at radius 1 is 1.38 bits per heavy atom. The third-order valence-electron chi connectivity index (χ3n) is 3.09. The number of benzene rings is 1. The Bertz CT molecular complexity index is 550. The van der Waals surface area contributed by atoms with Crippen LogP contribution in [-0.2, 0) is 6.54 Å². The maximum atomic E-state index is 11.7. The van der Waals surface area contributed by atoms with Crippen LogP contribution in [0.3, 0.4) is 0 Å². The first-order chi connectivity index (χ1) is 10.1. The van der Waals surface area contributed by atoms with Gasteiger partial charge in [0.1, 0.15) is 0 Å². The van der Waals surface area contributed by atoms with Crippen LogP contribution in [0.5, 0.6) is 0 Å². The summed E-state index contributed by atoms with van der Waals surface area (Å²) >= 11 is 0. The van der Waals surface area contributed by atoms with Crippen LogP contribution in [-0.4, -0.2) is 27.2 Å². The summed E-state index contributed by atoms with van der Waals surface area (Å²) in [4.78, 5) is 15.7. The standard InChI is InChI=1S/C15H20N4O2/c1-12(20)13-3-5-14(6-4-13)18-15(21)17-7-2-9-19-10-8-16-11-19/h3-6,8,10-12,20H,2,7,9H2,1H3,(H2,17,18,21). The number of hydrogen-bond acceptors (Lipinski definition) is 3. The average molecular weight is 288 g/mol. The zero-order valence-corrected chi connectivity index (χ0v) is 12.0. The Kier molecular flexibility index (Phi) is 5.34. The van der Waals surface area contributed by atoms with Gasteiger partial charge in [0, 0.05) is 31.2 Å². The normalized spacial score (nSPS) is 11.9. The Morgan fingerprint density at radius 3 is 2.76 bits per heavy atom. The molecular weight excluding hydrogens is 268 g/mol. The number of amides is 2. The Hall–Kier alpha value is -2.34. The second-order valence-electron chi connectivity index (χ2n) is 4.83. The van der Waals surface area contributed by atoms with Crippen LogP contribution in [0, 0.1) is 0 Å². The molecule has 1 heterocycles. The third kappa shape index (κ3) is 4.92. The lowest BCUT2D eigenvalue weighted by atomic mass is 10.1. The molecule has 0 aliphatic rings. The number of imidazole rings is 1. The van der Waals surface area contributed by atoms with Gasteiger partial charge in [-0.1, -0.05) is 12.1 Å². The van der Waals surface area contributed by atoms with Gasteiger partial charge in [0.15, 0.2) is 0 Å². The van der Waals surface area contributed by atoms with E-state index >= 15 is 0 Å². The molecule has 1 aromatic heterocycles. The number of aryl methyl sites for hydroxylation is 1. The van der Waals surface area contributed by atoms with E-state index in [0.29, 0.717) is 12.2 Å². The molecule has 2 amide bonds. The molecule has 0 saturated heterocycles. The van der Waals surface area contributed by atoms with E-state index in [9.17, 15) is 9.90 Å². The van der Waals surface area contributed by atoms with Gasteiger partial charge in [0.2, 0.25) is 0 Å². The van der Waals surface area contributed by atoms with Gasteiger partial charge in [-0.3, -0.25) is 0 Å². The summed E-state index contributed by atoms with van der Waals surface area (Å²) in [6, 6.07) is 6.89. The highest BCUT2D eigenvalue weighted by atomic mass is 16.3. The quantitative estimate of drug-likeness (QED) is 0.713. The van der Waals surface area contributed by atoms with Crippen molar-refractivity contribution in [3.63, 3.8) is 0 Å². The van der Waals surface area contributed by atoms with Gasteiger partial charge in [0.25, 0.3) is 0 Å². The maximum Gasteiger partial charge on any atom is 0.319 e. The summed E-state index contributed by atoms with van der Waals surface area (Å²) < 4.78 is 1.97. The molecule has 2 rings (SSSR count). The molecule has 0 aliphatic heterocycles. The first kappa shape index (κ1) is 15.1. The zero-order valence-electron chi connectivity index (χ0n) is 12.0. The number of carbonyl (C=O) groups excluding carboxylic acids is 1. The fraction of sp³-hybridized carbons (Fsp3) is 0.333. The lowest BCUT2D eigenvalue weighted by Gasteiger charge is -2.09. The second-order valence-corrected chi connectivity index (χ2v) is 4.83. The van der Waals surface area contributed by atoms with Gasteiger partial charge < -0.3 is 20.3 Å². The topological polar surface area (TPSA) is 79.2 Å². The van der Waals surface area contributed by atoms with Crippen molar-refractivity contribution in [3.05, 3.63) is 48.5 Å². The van der Waals surface area contributed by atoms with Crippen molar-refractivity contribution in [2.24, 2.45) is 0 Å². The van der Waals surface area contributed by atoms with Crippen molar-refractivity contribution >= 4 is 11.7 Å². The molecule has 0 spiro atoms. The molecule has 0 aliphatic carbocycles. The molecule has 112 valence electrons. The van der Waals surface area contributed by atoms with E-state index in [0.717, 1.165) is 18.5 Å². The van der Waals surface area contributed by atoms with Crippen LogP contribution >= 0.6 is 0 Å². The number of aliphatic hydroxyl groups excluding tert-OH is 1. The predicted molar refractivity (Wildman–Crippen MR) is 80.9 cm³/mol. The largest absolute Gasteiger partial charge is 0.389 e. The number of aromatic nitrogens is 2. The summed E-state index contributed by atoms with van der Waals surface area (Å²) in [7, 11) is 0. The van der Waals surface area contributed by atoms with Crippen LogP contribution in [0.2, 0.25) is 0 Å². The van der Waals surface area contributed by atoms with Gasteiger partial charge >= 0.3 is 6.03 Å². The highest BCUT2D eigenvalue weighted by Crippen LogP contribution is 2.15. The number of urea groups is 1. The van der Waals surface area contributed by atoms with Gasteiger partial charge in [-0.2, -0.15) is 0 Å². The van der Waals surface area contributed by atoms with E-state index in [1.54, 1.807) is 43.7 Å². The summed E-state index contributed by atoms with van der Waals surface area (Å²) in [5.74, 6) is 0. The highest BCUT2D eigenvalue weighted by Gasteiger charge is 2.03. The van der Waals surface area contributed by atoms with Crippen LogP contribution < -0.4 is 10.6 Å². The summed E-state index contributed by atoms with van der Waals surface area (Å²) in [5, 5.41) is 15.0. The molecule has 6 nitrogen and oxygen atoms in total. The van der Waals surface area contributed by atoms with Crippen molar-refractivity contribution < 1.29 is 9.90 Å². The summed E-state index contributed by atoms with van der Waals surface area (Å²) in [6.07, 6.45) is 5.71. The molecule has 0 bridgehead atoms. The fourth-order valence-electron chi connectivity index (χ4n) is 1.90. The SMILES string of the molecule is CC(O)c1ccc(NC(=O)NCCCn2ccnc2)cc1. The van der Waals surface area contributed by atoms with Crippen molar-refractivity contribution in [2.75, 3.05) is 11.9 Å². The van der Waals surface area contributed by atoms with Crippen molar-refractivity contribution in [1.82, 2.24) is 14.9 Å². The highest BCUT2D eigenvalue weighted by molar-refractivity contribution is 5.89. The average Bonchev–Trinajstić information content (AvgIpc) is 2.97. The van der Waals surface area contributed by atoms with E-state index in [-0.39, 0.29) is 6.03 Å². The van der Waals surface area contributed by atoms with Crippen molar-refractivity contribution in [2.45, 2.75) is 26.0 Å². The molecule has 1 aromatic carbocycles. The van der Waals surface area contributed by atoms with E-state index in [2.05, 4.69) is 15.6 Å². The molecule has 0 saturated carbocycles. The number of carbonyl (C=O) groups is 1. The Morgan fingerprint density at radius 2 is 2.14 bits per heavy atom. The minimum absolute atomic E-state index is 0.231. The summed E-state index contributed by atoms with van der Waals surface area (Å²) in [5.41, 5.74) is 1.52. The summed E-state index contributed by atoms with van der Waals surface area (Å²) in [6.45, 7) is 3.12. The molecule has 0 radical (unpaired) electrons. The lowest BCUT2D eigenvalue weighted by molar-refractivity contribution is 0.199. The maximum absolute atomic E-state index is 11.7. The smallest absolute Gasteiger partial charge is 0.319 e. The first-order valence-corrected chi connectivity index (χ1v) is 6.94. The van der Waals surface area contributed by atoms with Crippen LogP contribution in [0.15, 0.2) is 43.0 Å². The van der Waals surface area contributed by atoms with E-state index < -0.39 is 6.10 Å². The van der Waals surface area contributed by atoms with E-state index in [1.807, 2.05) is 10.8 Å². The second kappa shape index (κ2) is 7.44. The monoisotopic (exact) mass is 288 g/mol. The molecule has 2 aromatic rings. The van der Waals surface area contributed by atoms with Gasteiger partial charge in [-0.25, -0.2) is 9.78 Å². The molecule has 21 heavy (non-hydrogen) atoms. The first-order valence-electron chi connectivity index (χ1n) is 6.94. The number of aliphatic hydroxyl groups is 1. The number of rotatable bonds is 6. The molecule has 1 unspecified atom stereocenters. The molecular formula is C15H20N4O2. The number of nitrogens with one attached hydrogen (secondary N) is 2. The minimum Gasteiger partial charge on any atom is -0.389 e. The predicted octanol–water partition coefficient (Wildman–Crippen LogP) is 2.15. The fourth-order valence-corrected chi connectivity index (χ4v) is 1.90. The van der Waals surface area contributed by atoms with E-state index in [1.165, 1.54) is 0 Å². The molecule has 1 atom stereocenters. The van der Waals surface area contributed by atoms with Crippen LogP contribution in [0.25, 0.3) is 0 Å². The van der Waals surface area contributed by atoms with E-state index in [4.69, 9.17) is 0 Å². The van der Waals surface area contributed by atoms with Crippen molar-refractivity contribution in [1.29, 1.82) is 0 Å². The van der Waals surface area contributed by atoms with Gasteiger partial charge in [0.05, 0.1) is 12.4 Å². The Labute approximate surface area is 123 Å². The number of nitrogens with zero attached hydrogens (tertiary/aromatic N) is 2. The zero-order chi connectivity index (χ0) is 15.1. The van der Waals surface area contributed by atoms with Crippen molar-refractivity contribution in [3.8, 4) is 0 Å². The van der Waals surface area contributed by atoms with Crippen LogP contribution in [0.4, 0.5) is 10.5 Å². The van der Waals surface area contributed by atoms with Crippen LogP contribution in [0.1, 0.15) is 25.0 Å². The molecule has 3 N–H and O–H groups in total. The van der Waals surface area contributed by atoms with Gasteiger partial charge in [-0.15, -0.1) is 0 Å². The number of hydrogen-bond donors (Lipinski definition) is 3. The third-order valence-corrected chi connectivity index (χ3v) is 3.09. The van der Waals surface area contributed by atoms with Gasteiger partial charge in [-0.05, 0) is 31.0 Å². The minimum atomic E-state index is -0.504. The molecule has 6 heteroatoms.